The molecule has 1 aliphatic carbocycles. The van der Waals surface area contributed by atoms with Gasteiger partial charge in [-0.25, -0.2) is 5.09 Å². The molecule has 0 bridgehead atoms. The quantitative estimate of drug-likeness (QED) is 0.123. The normalized spacial score (nSPS) is 20.5. The Bertz CT molecular complexity index is 1040. The number of aromatic hydroxyl groups is 1. The van der Waals surface area contributed by atoms with E-state index in [9.17, 15) is 14.5 Å². The molecule has 0 saturated carbocycles. The van der Waals surface area contributed by atoms with Gasteiger partial charge in [-0.3, -0.25) is 9.36 Å². The first-order valence-corrected chi connectivity index (χ1v) is 15.6. The number of phenols is 1. The van der Waals surface area contributed by atoms with Crippen molar-refractivity contribution in [3.63, 3.8) is 0 Å². The first kappa shape index (κ1) is 31.2. The van der Waals surface area contributed by atoms with E-state index < -0.39 is 19.5 Å². The summed E-state index contributed by atoms with van der Waals surface area (Å²) in [5, 5.41) is 14.1. The maximum atomic E-state index is 13.6. The van der Waals surface area contributed by atoms with Crippen LogP contribution in [0.5, 0.6) is 11.5 Å². The fourth-order valence-corrected chi connectivity index (χ4v) is 6.13. The summed E-state index contributed by atoms with van der Waals surface area (Å²) in [4.78, 5) is 12.5. The summed E-state index contributed by atoms with van der Waals surface area (Å²) in [5.41, 5.74) is 3.67. The molecule has 0 saturated heterocycles. The molecular formula is C30H48NO5P. The minimum absolute atomic E-state index is 0.137. The van der Waals surface area contributed by atoms with Crippen LogP contribution in [-0.2, 0) is 20.5 Å². The smallest absolute Gasteiger partial charge is 0.323 e. The zero-order valence-electron chi connectivity index (χ0n) is 24.1. The molecule has 0 aromatic heterocycles. The van der Waals surface area contributed by atoms with Crippen LogP contribution < -0.4 is 9.61 Å². The molecule has 2 rings (SSSR count). The average molecular weight is 534 g/mol. The maximum absolute atomic E-state index is 13.6. The van der Waals surface area contributed by atoms with Crippen molar-refractivity contribution in [1.82, 2.24) is 5.09 Å². The summed E-state index contributed by atoms with van der Waals surface area (Å²) in [6, 6.07) is 2.90. The molecule has 1 aromatic carbocycles. The molecule has 6 nitrogen and oxygen atoms in total. The first-order chi connectivity index (χ1) is 17.1. The SMILES string of the molecule is C=C(C)C1CCC(C)=CC1c1c(O)cc(CCCCC)cc1OP(C)(=O)N[C@@H](C)C(=O)OCC(C)(C)C. The van der Waals surface area contributed by atoms with Gasteiger partial charge in [-0.05, 0) is 75.5 Å². The topological polar surface area (TPSA) is 84.9 Å². The maximum Gasteiger partial charge on any atom is 0.323 e. The van der Waals surface area contributed by atoms with Crippen molar-refractivity contribution in [3.05, 3.63) is 47.1 Å². The number of ether oxygens (including phenoxy) is 1. The highest BCUT2D eigenvalue weighted by molar-refractivity contribution is 7.56. The molecule has 0 spiro atoms. The van der Waals surface area contributed by atoms with E-state index in [1.807, 2.05) is 39.8 Å². The van der Waals surface area contributed by atoms with Gasteiger partial charge in [-0.2, -0.15) is 0 Å². The number of aryl methyl sites for hydroxylation is 1. The number of hydrogen-bond donors (Lipinski definition) is 2. The molecule has 3 unspecified atom stereocenters. The van der Waals surface area contributed by atoms with E-state index in [0.29, 0.717) is 11.3 Å². The van der Waals surface area contributed by atoms with Gasteiger partial charge < -0.3 is 14.4 Å². The largest absolute Gasteiger partial charge is 0.507 e. The fraction of sp³-hybridized carbons (Fsp3) is 0.633. The van der Waals surface area contributed by atoms with Gasteiger partial charge in [0.1, 0.15) is 17.5 Å². The van der Waals surface area contributed by atoms with Crippen molar-refractivity contribution in [2.45, 2.75) is 99.0 Å². The van der Waals surface area contributed by atoms with Crippen LogP contribution in [0, 0.1) is 11.3 Å². The number of nitrogens with one attached hydrogen (secondary N) is 1. The Kier molecular flexibility index (Phi) is 11.1. The molecule has 0 aliphatic heterocycles. The molecule has 0 radical (unpaired) electrons. The predicted octanol–water partition coefficient (Wildman–Crippen LogP) is 7.91. The van der Waals surface area contributed by atoms with Gasteiger partial charge in [0.25, 0.3) is 0 Å². The number of phenolic OH excluding ortho intramolecular Hbond substituents is 1. The highest BCUT2D eigenvalue weighted by Gasteiger charge is 2.33. The summed E-state index contributed by atoms with van der Waals surface area (Å²) in [7, 11) is -3.50. The lowest BCUT2D eigenvalue weighted by Crippen LogP contribution is -2.35. The molecule has 7 heteroatoms. The van der Waals surface area contributed by atoms with Crippen molar-refractivity contribution >= 4 is 13.5 Å². The predicted molar refractivity (Wildman–Crippen MR) is 153 cm³/mol. The third-order valence-corrected chi connectivity index (χ3v) is 8.07. The number of rotatable bonds is 12. The highest BCUT2D eigenvalue weighted by Crippen LogP contribution is 2.50. The van der Waals surface area contributed by atoms with Gasteiger partial charge in [0.05, 0.1) is 6.61 Å². The molecule has 0 amide bonds. The minimum Gasteiger partial charge on any atom is -0.507 e. The van der Waals surface area contributed by atoms with Crippen LogP contribution in [0.2, 0.25) is 0 Å². The lowest BCUT2D eigenvalue weighted by molar-refractivity contribution is -0.148. The third kappa shape index (κ3) is 9.65. The minimum atomic E-state index is -3.50. The number of unbranched alkanes of at least 4 members (excludes halogenated alkanes) is 2. The number of esters is 1. The second kappa shape index (κ2) is 13.2. The second-order valence-electron chi connectivity index (χ2n) is 12.0. The molecule has 1 aliphatic rings. The van der Waals surface area contributed by atoms with Crippen LogP contribution >= 0.6 is 7.52 Å². The van der Waals surface area contributed by atoms with E-state index in [-0.39, 0.29) is 29.6 Å². The monoisotopic (exact) mass is 533 g/mol. The third-order valence-electron chi connectivity index (χ3n) is 6.66. The zero-order valence-corrected chi connectivity index (χ0v) is 25.0. The van der Waals surface area contributed by atoms with Gasteiger partial charge in [0.15, 0.2) is 0 Å². The number of hydrogen-bond acceptors (Lipinski definition) is 5. The molecule has 37 heavy (non-hydrogen) atoms. The van der Waals surface area contributed by atoms with Crippen LogP contribution in [0.4, 0.5) is 0 Å². The van der Waals surface area contributed by atoms with E-state index in [1.165, 1.54) is 12.2 Å². The molecule has 1 aromatic rings. The van der Waals surface area contributed by atoms with Crippen LogP contribution in [-0.4, -0.2) is 30.4 Å². The number of carbonyl (C=O) groups is 1. The van der Waals surface area contributed by atoms with Crippen molar-refractivity contribution in [2.75, 3.05) is 13.3 Å². The zero-order chi connectivity index (χ0) is 28.0. The number of benzene rings is 1. The van der Waals surface area contributed by atoms with Crippen molar-refractivity contribution in [2.24, 2.45) is 11.3 Å². The first-order valence-electron chi connectivity index (χ1n) is 13.5. The van der Waals surface area contributed by atoms with E-state index in [2.05, 4.69) is 31.6 Å². The Balaban J connectivity index is 2.41. The Labute approximate surface area is 224 Å². The van der Waals surface area contributed by atoms with Gasteiger partial charge >= 0.3 is 13.5 Å². The summed E-state index contributed by atoms with van der Waals surface area (Å²) in [6.45, 7) is 19.7. The van der Waals surface area contributed by atoms with E-state index in [0.717, 1.165) is 49.7 Å². The van der Waals surface area contributed by atoms with Gasteiger partial charge in [-0.15, -0.1) is 0 Å². The van der Waals surface area contributed by atoms with Crippen LogP contribution in [0.25, 0.3) is 0 Å². The molecule has 4 atom stereocenters. The van der Waals surface area contributed by atoms with Crippen molar-refractivity contribution in [1.29, 1.82) is 0 Å². The van der Waals surface area contributed by atoms with E-state index in [1.54, 1.807) is 6.92 Å². The average Bonchev–Trinajstić information content (AvgIpc) is 2.76. The van der Waals surface area contributed by atoms with Crippen LogP contribution in [0.3, 0.4) is 0 Å². The van der Waals surface area contributed by atoms with Crippen LogP contribution in [0.15, 0.2) is 35.9 Å². The number of allylic oxidation sites excluding steroid dienone is 3. The van der Waals surface area contributed by atoms with Gasteiger partial charge in [0.2, 0.25) is 0 Å². The van der Waals surface area contributed by atoms with Crippen LogP contribution in [0.1, 0.15) is 97.6 Å². The molecule has 2 N–H and O–H groups in total. The Morgan fingerprint density at radius 1 is 1.30 bits per heavy atom. The second-order valence-corrected chi connectivity index (χ2v) is 14.1. The van der Waals surface area contributed by atoms with E-state index >= 15 is 0 Å². The lowest BCUT2D eigenvalue weighted by atomic mass is 9.73. The summed E-state index contributed by atoms with van der Waals surface area (Å²) < 4.78 is 25.2. The number of carbonyl (C=O) groups excluding carboxylic acids is 1. The standard InChI is InChI=1S/C30H48NO5P/c1-10-11-12-13-23-17-26(32)28(25-16-21(4)14-15-24(25)20(2)3)27(18-23)36-37(9,34)31-22(5)29(33)35-19-30(6,7)8/h16-18,22,24-25,32H,2,10-15,19H2,1,3-9H3,(H,31,34)/t22-,24?,25?,37?/m0/s1. The van der Waals surface area contributed by atoms with Crippen molar-refractivity contribution in [3.8, 4) is 11.5 Å². The Morgan fingerprint density at radius 3 is 2.57 bits per heavy atom. The summed E-state index contributed by atoms with van der Waals surface area (Å²) in [5.74, 6) is 0.0507. The molecular weight excluding hydrogens is 485 g/mol. The fourth-order valence-electron chi connectivity index (χ4n) is 4.74. The van der Waals surface area contributed by atoms with Crippen molar-refractivity contribution < 1.29 is 23.7 Å². The molecule has 208 valence electrons. The lowest BCUT2D eigenvalue weighted by Gasteiger charge is -2.33. The van der Waals surface area contributed by atoms with Gasteiger partial charge in [-0.1, -0.05) is 64.3 Å². The van der Waals surface area contributed by atoms with E-state index in [4.69, 9.17) is 9.26 Å². The summed E-state index contributed by atoms with van der Waals surface area (Å²) >= 11 is 0. The molecule has 0 heterocycles. The summed E-state index contributed by atoms with van der Waals surface area (Å²) in [6.07, 6.45) is 8.03. The van der Waals surface area contributed by atoms with Gasteiger partial charge in [0, 0.05) is 18.1 Å². The molecule has 0 fully saturated rings. The highest BCUT2D eigenvalue weighted by atomic mass is 31.2. The Hall–Kier alpha value is -2.04. The Morgan fingerprint density at radius 2 is 1.97 bits per heavy atom.